The van der Waals surface area contributed by atoms with Crippen molar-refractivity contribution in [3.05, 3.63) is 68.5 Å². The fourth-order valence-electron chi connectivity index (χ4n) is 1.95. The number of aliphatic carboxylic acids is 1. The third kappa shape index (κ3) is 6.07. The number of allylic oxidation sites excluding steroid dienone is 6. The fourth-order valence-corrected chi connectivity index (χ4v) is 2.51. The zero-order valence-corrected chi connectivity index (χ0v) is 15.9. The van der Waals surface area contributed by atoms with Crippen LogP contribution < -0.4 is 4.74 Å². The van der Waals surface area contributed by atoms with E-state index in [0.717, 1.165) is 11.6 Å². The molecule has 0 heterocycles. The Kier molecular flexibility index (Phi) is 7.94. The molecule has 1 rings (SSSR count). The molecule has 0 saturated heterocycles. The first kappa shape index (κ1) is 21.0. The maximum Gasteiger partial charge on any atom is 0.328 e. The van der Waals surface area contributed by atoms with Gasteiger partial charge in [0.05, 0.1) is 17.2 Å². The lowest BCUT2D eigenvalue weighted by molar-refractivity contribution is -0.131. The Morgan fingerprint density at radius 2 is 1.88 bits per heavy atom. The van der Waals surface area contributed by atoms with Crippen LogP contribution in [0.4, 0.5) is 4.39 Å². The molecule has 0 aliphatic heterocycles. The van der Waals surface area contributed by atoms with Gasteiger partial charge in [-0.15, -0.1) is 0 Å². The van der Waals surface area contributed by atoms with Crippen molar-refractivity contribution in [2.45, 2.75) is 20.8 Å². The molecule has 0 fully saturated rings. The molecule has 0 spiro atoms. The fraction of sp³-hybridized carbons (Fsp3) is 0.211. The number of hydrogen-bond acceptors (Lipinski definition) is 2. The Labute approximate surface area is 156 Å². The average molecular weight is 385 g/mol. The molecule has 1 aromatic rings. The smallest absolute Gasteiger partial charge is 0.328 e. The zero-order chi connectivity index (χ0) is 19.1. The van der Waals surface area contributed by atoms with Crippen molar-refractivity contribution in [2.24, 2.45) is 0 Å². The van der Waals surface area contributed by atoms with Crippen molar-refractivity contribution in [1.82, 2.24) is 0 Å². The predicted molar refractivity (Wildman–Crippen MR) is 101 cm³/mol. The van der Waals surface area contributed by atoms with Crippen LogP contribution in [0.2, 0.25) is 10.0 Å². The third-order valence-electron chi connectivity index (χ3n) is 3.39. The molecule has 0 aliphatic rings. The summed E-state index contributed by atoms with van der Waals surface area (Å²) in [6.07, 6.45) is 6.76. The van der Waals surface area contributed by atoms with Gasteiger partial charge in [0, 0.05) is 17.2 Å². The normalized spacial score (nSPS) is 13.5. The van der Waals surface area contributed by atoms with E-state index in [4.69, 9.17) is 33.0 Å². The van der Waals surface area contributed by atoms with E-state index in [2.05, 4.69) is 0 Å². The topological polar surface area (TPSA) is 46.5 Å². The van der Waals surface area contributed by atoms with Crippen molar-refractivity contribution in [3.8, 4) is 5.75 Å². The number of halogens is 3. The molecule has 0 radical (unpaired) electrons. The lowest BCUT2D eigenvalue weighted by Gasteiger charge is -2.10. The van der Waals surface area contributed by atoms with Crippen LogP contribution in [0.15, 0.2) is 47.3 Å². The number of methoxy groups -OCH3 is 1. The average Bonchev–Trinajstić information content (AvgIpc) is 2.54. The molecule has 0 bridgehead atoms. The van der Waals surface area contributed by atoms with Gasteiger partial charge in [0.25, 0.3) is 0 Å². The number of rotatable bonds is 6. The second-order valence-electron chi connectivity index (χ2n) is 5.34. The van der Waals surface area contributed by atoms with Crippen LogP contribution in [0.5, 0.6) is 5.75 Å². The first-order valence-corrected chi connectivity index (χ1v) is 8.09. The molecule has 0 aliphatic carbocycles. The van der Waals surface area contributed by atoms with Gasteiger partial charge in [-0.05, 0) is 44.1 Å². The summed E-state index contributed by atoms with van der Waals surface area (Å²) in [5.41, 5.74) is 2.08. The molecule has 0 atom stereocenters. The molecular weight excluding hydrogens is 366 g/mol. The summed E-state index contributed by atoms with van der Waals surface area (Å²) in [5.74, 6) is -0.997. The molecule has 3 nitrogen and oxygen atoms in total. The number of ether oxygens (including phenoxy) is 1. The van der Waals surface area contributed by atoms with Crippen LogP contribution in [0.3, 0.4) is 0 Å². The highest BCUT2D eigenvalue weighted by Gasteiger charge is 2.11. The van der Waals surface area contributed by atoms with Crippen molar-refractivity contribution in [3.63, 3.8) is 0 Å². The predicted octanol–water partition coefficient (Wildman–Crippen LogP) is 6.15. The summed E-state index contributed by atoms with van der Waals surface area (Å²) >= 11 is 12.5. The Bertz CT molecular complexity index is 790. The first-order chi connectivity index (χ1) is 11.7. The van der Waals surface area contributed by atoms with Crippen LogP contribution in [0, 0.1) is 6.92 Å². The summed E-state index contributed by atoms with van der Waals surface area (Å²) < 4.78 is 19.3. The van der Waals surface area contributed by atoms with E-state index < -0.39 is 11.8 Å². The van der Waals surface area contributed by atoms with Gasteiger partial charge in [-0.1, -0.05) is 41.4 Å². The standard InChI is InChI=1S/C19H19Cl2FO3/c1-11(9-18(23)24)5-8-16(22)12(2)6-7-14-15(20)10-17(25-4)13(3)19(14)21/h5-10H,1-4H3,(H,23,24)/b7-6+,8-5?,11-9?,16-12-. The highest BCUT2D eigenvalue weighted by Crippen LogP contribution is 2.36. The van der Waals surface area contributed by atoms with Gasteiger partial charge >= 0.3 is 5.97 Å². The third-order valence-corrected chi connectivity index (χ3v) is 4.19. The monoisotopic (exact) mass is 384 g/mol. The minimum Gasteiger partial charge on any atom is -0.496 e. The number of carboxylic acid groups (broad SMARTS) is 1. The van der Waals surface area contributed by atoms with Gasteiger partial charge in [0.15, 0.2) is 0 Å². The second-order valence-corrected chi connectivity index (χ2v) is 6.12. The van der Waals surface area contributed by atoms with Crippen molar-refractivity contribution >= 4 is 35.2 Å². The maximum absolute atomic E-state index is 14.1. The Balaban J connectivity index is 3.11. The first-order valence-electron chi connectivity index (χ1n) is 7.33. The Morgan fingerprint density at radius 3 is 2.44 bits per heavy atom. The van der Waals surface area contributed by atoms with Gasteiger partial charge in [0.1, 0.15) is 11.6 Å². The molecule has 6 heteroatoms. The SMILES string of the molecule is COc1cc(Cl)c(/C=C/C(C)=C(\F)C=CC(C)=CC(=O)O)c(Cl)c1C. The summed E-state index contributed by atoms with van der Waals surface area (Å²) in [6.45, 7) is 4.96. The van der Waals surface area contributed by atoms with E-state index in [1.165, 1.54) is 19.3 Å². The maximum atomic E-state index is 14.1. The van der Waals surface area contributed by atoms with E-state index in [1.807, 2.05) is 0 Å². The van der Waals surface area contributed by atoms with E-state index in [1.54, 1.807) is 39.0 Å². The minimum absolute atomic E-state index is 0.347. The molecule has 1 aromatic carbocycles. The lowest BCUT2D eigenvalue weighted by Crippen LogP contribution is -1.91. The van der Waals surface area contributed by atoms with Gasteiger partial charge in [-0.25, -0.2) is 9.18 Å². The summed E-state index contributed by atoms with van der Waals surface area (Å²) in [4.78, 5) is 10.5. The van der Waals surface area contributed by atoms with Gasteiger partial charge in [0.2, 0.25) is 0 Å². The van der Waals surface area contributed by atoms with Crippen molar-refractivity contribution in [1.29, 1.82) is 0 Å². The molecular formula is C19H19Cl2FO3. The van der Waals surface area contributed by atoms with Crippen molar-refractivity contribution in [2.75, 3.05) is 7.11 Å². The molecule has 0 saturated carbocycles. The van der Waals surface area contributed by atoms with Gasteiger partial charge in [-0.3, -0.25) is 0 Å². The van der Waals surface area contributed by atoms with Crippen LogP contribution in [-0.2, 0) is 4.79 Å². The highest BCUT2D eigenvalue weighted by atomic mass is 35.5. The zero-order valence-electron chi connectivity index (χ0n) is 14.4. The van der Waals surface area contributed by atoms with Crippen LogP contribution in [0.25, 0.3) is 6.08 Å². The quantitative estimate of drug-likeness (QED) is 0.472. The van der Waals surface area contributed by atoms with Crippen LogP contribution in [-0.4, -0.2) is 18.2 Å². The molecule has 134 valence electrons. The molecule has 1 N–H and O–H groups in total. The highest BCUT2D eigenvalue weighted by molar-refractivity contribution is 6.38. The number of benzene rings is 1. The van der Waals surface area contributed by atoms with E-state index >= 15 is 0 Å². The van der Waals surface area contributed by atoms with E-state index in [9.17, 15) is 9.18 Å². The van der Waals surface area contributed by atoms with Crippen LogP contribution in [0.1, 0.15) is 25.0 Å². The number of carboxylic acids is 1. The number of carbonyl (C=O) groups is 1. The molecule has 25 heavy (non-hydrogen) atoms. The summed E-state index contributed by atoms with van der Waals surface area (Å²) in [7, 11) is 1.53. The van der Waals surface area contributed by atoms with Crippen LogP contribution >= 0.6 is 23.2 Å². The molecule has 0 aromatic heterocycles. The largest absolute Gasteiger partial charge is 0.496 e. The van der Waals surface area contributed by atoms with E-state index in [0.29, 0.717) is 32.5 Å². The van der Waals surface area contributed by atoms with Gasteiger partial charge < -0.3 is 9.84 Å². The number of hydrogen-bond donors (Lipinski definition) is 1. The second kappa shape index (κ2) is 9.44. The molecule has 0 unspecified atom stereocenters. The summed E-state index contributed by atoms with van der Waals surface area (Å²) in [6, 6.07) is 1.65. The minimum atomic E-state index is -1.08. The molecule has 0 amide bonds. The lowest BCUT2D eigenvalue weighted by atomic mass is 10.1. The van der Waals surface area contributed by atoms with Crippen molar-refractivity contribution < 1.29 is 19.0 Å². The summed E-state index contributed by atoms with van der Waals surface area (Å²) in [5, 5.41) is 9.45. The Hall–Kier alpha value is -2.04. The van der Waals surface area contributed by atoms with E-state index in [-0.39, 0.29) is 0 Å². The Morgan fingerprint density at radius 1 is 1.24 bits per heavy atom. The van der Waals surface area contributed by atoms with Gasteiger partial charge in [-0.2, -0.15) is 0 Å².